The summed E-state index contributed by atoms with van der Waals surface area (Å²) in [5.41, 5.74) is 0.708. The number of thioether (sulfide) groups is 1. The van der Waals surface area contributed by atoms with Gasteiger partial charge in [-0.2, -0.15) is 0 Å². The highest BCUT2D eigenvalue weighted by atomic mass is 32.2. The molecule has 0 amide bonds. The van der Waals surface area contributed by atoms with Gasteiger partial charge in [-0.15, -0.1) is 0 Å². The first-order valence-corrected chi connectivity index (χ1v) is 10.9. The summed E-state index contributed by atoms with van der Waals surface area (Å²) < 4.78 is 20.1. The summed E-state index contributed by atoms with van der Waals surface area (Å²) in [7, 11) is 0. The van der Waals surface area contributed by atoms with E-state index in [1.807, 2.05) is 0 Å². The maximum Gasteiger partial charge on any atom is 0.370 e. The number of benzene rings is 2. The summed E-state index contributed by atoms with van der Waals surface area (Å²) in [6.07, 6.45) is -1.71. The van der Waals surface area contributed by atoms with E-state index in [9.17, 15) is 19.2 Å². The topological polar surface area (TPSA) is 105 Å². The molecule has 0 spiro atoms. The van der Waals surface area contributed by atoms with Crippen LogP contribution < -0.4 is 0 Å². The van der Waals surface area contributed by atoms with Crippen LogP contribution in [0.3, 0.4) is 0 Å². The number of esters is 3. The number of carbonyl (C=O) groups excluding carboxylic acids is 4. The fourth-order valence-corrected chi connectivity index (χ4v) is 3.08. The van der Waals surface area contributed by atoms with E-state index in [1.54, 1.807) is 60.7 Å². The standard InChI is InChI=1S/C23H24O8S/c1-16(29-21(25)18-10-5-3-6-11-18)28-20(24)14-9-15-32-23(27)31-17(2)30-22(26)19-12-7-4-8-13-19/h3-8,10-13,16-17H,9,14-15H2,1-2H3. The van der Waals surface area contributed by atoms with Gasteiger partial charge in [0, 0.05) is 26.0 Å². The van der Waals surface area contributed by atoms with Crippen molar-refractivity contribution in [2.75, 3.05) is 5.75 Å². The van der Waals surface area contributed by atoms with Crippen LogP contribution in [0.1, 0.15) is 47.4 Å². The Hall–Kier alpha value is -3.33. The second kappa shape index (κ2) is 13.2. The summed E-state index contributed by atoms with van der Waals surface area (Å²) in [6.45, 7) is 2.89. The minimum atomic E-state index is -1.05. The van der Waals surface area contributed by atoms with E-state index in [0.29, 0.717) is 23.3 Å². The Morgan fingerprint density at radius 2 is 1.19 bits per heavy atom. The monoisotopic (exact) mass is 460 g/mol. The van der Waals surface area contributed by atoms with Crippen LogP contribution >= 0.6 is 11.8 Å². The third-order valence-electron chi connectivity index (χ3n) is 3.87. The molecule has 0 aliphatic heterocycles. The predicted octanol–water partition coefficient (Wildman–Crippen LogP) is 4.59. The summed E-state index contributed by atoms with van der Waals surface area (Å²) in [4.78, 5) is 47.5. The first kappa shape index (κ1) is 24.9. The molecule has 0 aromatic heterocycles. The molecule has 2 aromatic rings. The minimum absolute atomic E-state index is 0.0338. The second-order valence-electron chi connectivity index (χ2n) is 6.49. The first-order chi connectivity index (χ1) is 15.3. The SMILES string of the molecule is CC(OC(=O)CCCSC(=O)OC(C)OC(=O)c1ccccc1)OC(=O)c1ccccc1. The second-order valence-corrected chi connectivity index (χ2v) is 7.52. The van der Waals surface area contributed by atoms with Crippen LogP contribution in [0.4, 0.5) is 4.79 Å². The fourth-order valence-electron chi connectivity index (χ4n) is 2.42. The van der Waals surface area contributed by atoms with Crippen LogP contribution in [0.5, 0.6) is 0 Å². The van der Waals surface area contributed by atoms with Crippen molar-refractivity contribution in [2.45, 2.75) is 39.3 Å². The Labute approximate surface area is 190 Å². The van der Waals surface area contributed by atoms with Gasteiger partial charge in [0.25, 0.3) is 0 Å². The van der Waals surface area contributed by atoms with Gasteiger partial charge in [0.15, 0.2) is 0 Å². The van der Waals surface area contributed by atoms with Gasteiger partial charge in [0.1, 0.15) is 0 Å². The van der Waals surface area contributed by atoms with E-state index in [4.69, 9.17) is 18.9 Å². The Balaban J connectivity index is 1.58. The smallest absolute Gasteiger partial charge is 0.370 e. The lowest BCUT2D eigenvalue weighted by Crippen LogP contribution is -2.22. The van der Waals surface area contributed by atoms with Crippen LogP contribution in [0.25, 0.3) is 0 Å². The van der Waals surface area contributed by atoms with Gasteiger partial charge in [-0.1, -0.05) is 36.4 Å². The Morgan fingerprint density at radius 1 is 0.719 bits per heavy atom. The molecule has 0 aliphatic carbocycles. The van der Waals surface area contributed by atoms with Crippen molar-refractivity contribution in [3.63, 3.8) is 0 Å². The number of ether oxygens (including phenoxy) is 4. The summed E-state index contributed by atoms with van der Waals surface area (Å²) in [5, 5.41) is -0.628. The molecule has 9 heteroatoms. The molecule has 8 nitrogen and oxygen atoms in total. The van der Waals surface area contributed by atoms with Crippen molar-refractivity contribution in [1.82, 2.24) is 0 Å². The molecule has 170 valence electrons. The quantitative estimate of drug-likeness (QED) is 0.286. The maximum absolute atomic E-state index is 11.9. The van der Waals surface area contributed by atoms with Gasteiger partial charge >= 0.3 is 23.2 Å². The lowest BCUT2D eigenvalue weighted by molar-refractivity contribution is -0.165. The van der Waals surface area contributed by atoms with Crippen molar-refractivity contribution in [2.24, 2.45) is 0 Å². The Bertz CT molecular complexity index is 825. The lowest BCUT2D eigenvalue weighted by atomic mass is 10.2. The van der Waals surface area contributed by atoms with Crippen molar-refractivity contribution in [1.29, 1.82) is 0 Å². The minimum Gasteiger partial charge on any atom is -0.425 e. The molecule has 32 heavy (non-hydrogen) atoms. The van der Waals surface area contributed by atoms with Crippen LogP contribution in [-0.4, -0.2) is 41.5 Å². The molecule has 0 radical (unpaired) electrons. The van der Waals surface area contributed by atoms with Gasteiger partial charge in [0.2, 0.25) is 12.6 Å². The normalized spacial score (nSPS) is 12.2. The van der Waals surface area contributed by atoms with Gasteiger partial charge in [0.05, 0.1) is 11.1 Å². The van der Waals surface area contributed by atoms with Crippen LogP contribution in [0, 0.1) is 0 Å². The summed E-state index contributed by atoms with van der Waals surface area (Å²) in [5.74, 6) is -1.45. The molecule has 0 heterocycles. The van der Waals surface area contributed by atoms with E-state index in [1.165, 1.54) is 13.8 Å². The molecule has 0 bridgehead atoms. The molecular formula is C23H24O8S. The van der Waals surface area contributed by atoms with Gasteiger partial charge in [-0.25, -0.2) is 14.4 Å². The molecule has 2 aromatic carbocycles. The first-order valence-electron chi connectivity index (χ1n) is 9.90. The highest BCUT2D eigenvalue weighted by Crippen LogP contribution is 2.13. The molecule has 0 fully saturated rings. The zero-order chi connectivity index (χ0) is 23.3. The molecule has 0 aliphatic rings. The van der Waals surface area contributed by atoms with Crippen LogP contribution in [0.2, 0.25) is 0 Å². The zero-order valence-electron chi connectivity index (χ0n) is 17.7. The predicted molar refractivity (Wildman–Crippen MR) is 117 cm³/mol. The maximum atomic E-state index is 11.9. The van der Waals surface area contributed by atoms with Crippen LogP contribution in [-0.2, 0) is 23.7 Å². The Morgan fingerprint density at radius 3 is 1.69 bits per heavy atom. The van der Waals surface area contributed by atoms with E-state index < -0.39 is 35.8 Å². The molecule has 0 saturated heterocycles. The molecule has 2 rings (SSSR count). The van der Waals surface area contributed by atoms with Crippen molar-refractivity contribution >= 4 is 35.0 Å². The zero-order valence-corrected chi connectivity index (χ0v) is 18.5. The van der Waals surface area contributed by atoms with E-state index in [0.717, 1.165) is 11.8 Å². The molecule has 2 atom stereocenters. The number of rotatable bonds is 10. The average Bonchev–Trinajstić information content (AvgIpc) is 2.77. The molecule has 2 unspecified atom stereocenters. The van der Waals surface area contributed by atoms with Crippen molar-refractivity contribution < 1.29 is 38.1 Å². The third-order valence-corrected chi connectivity index (χ3v) is 4.69. The summed E-state index contributed by atoms with van der Waals surface area (Å²) >= 11 is 0.851. The van der Waals surface area contributed by atoms with E-state index in [-0.39, 0.29) is 6.42 Å². The fraction of sp³-hybridized carbons (Fsp3) is 0.304. The Kier molecular flexibility index (Phi) is 10.3. The van der Waals surface area contributed by atoms with Crippen molar-refractivity contribution in [3.8, 4) is 0 Å². The number of hydrogen-bond acceptors (Lipinski definition) is 9. The third kappa shape index (κ3) is 9.22. The largest absolute Gasteiger partial charge is 0.425 e. The number of hydrogen-bond donors (Lipinski definition) is 0. The molecule has 0 N–H and O–H groups in total. The average molecular weight is 461 g/mol. The van der Waals surface area contributed by atoms with Gasteiger partial charge in [-0.3, -0.25) is 4.79 Å². The van der Waals surface area contributed by atoms with Gasteiger partial charge < -0.3 is 18.9 Å². The van der Waals surface area contributed by atoms with Crippen LogP contribution in [0.15, 0.2) is 60.7 Å². The summed E-state index contributed by atoms with van der Waals surface area (Å²) in [6, 6.07) is 16.7. The van der Waals surface area contributed by atoms with Crippen molar-refractivity contribution in [3.05, 3.63) is 71.8 Å². The van der Waals surface area contributed by atoms with E-state index >= 15 is 0 Å². The lowest BCUT2D eigenvalue weighted by Gasteiger charge is -2.14. The highest BCUT2D eigenvalue weighted by Gasteiger charge is 2.17. The number of carbonyl (C=O) groups is 4. The molecular weight excluding hydrogens is 436 g/mol. The molecule has 0 saturated carbocycles. The van der Waals surface area contributed by atoms with Gasteiger partial charge in [-0.05, 0) is 42.4 Å². The van der Waals surface area contributed by atoms with E-state index in [2.05, 4.69) is 0 Å². The highest BCUT2D eigenvalue weighted by molar-refractivity contribution is 8.13.